The Balaban J connectivity index is 4.02. The highest BCUT2D eigenvalue weighted by Crippen LogP contribution is 2.12. The highest BCUT2D eigenvalue weighted by atomic mass is 16.5. The summed E-state index contributed by atoms with van der Waals surface area (Å²) in [6.45, 7) is 8.49. The van der Waals surface area contributed by atoms with Crippen molar-refractivity contribution in [2.75, 3.05) is 7.11 Å². The van der Waals surface area contributed by atoms with Crippen molar-refractivity contribution < 1.29 is 9.53 Å². The molecule has 3 heteroatoms. The second-order valence-electron chi connectivity index (χ2n) is 4.12. The third kappa shape index (κ3) is 5.50. The number of nitrogens with one attached hydrogen (secondary N) is 1. The van der Waals surface area contributed by atoms with Gasteiger partial charge in [0.05, 0.1) is 7.11 Å². The molecule has 0 aromatic rings. The van der Waals surface area contributed by atoms with Crippen LogP contribution in [0, 0.1) is 11.8 Å². The standard InChI is InChI=1S/C10H21NO2/c1-7(2)6-9(8(3)4)11-10(12)13-5/h7-9H,6H2,1-5H3,(H,11,12)/t9-/m1/s1. The van der Waals surface area contributed by atoms with Gasteiger partial charge in [0.15, 0.2) is 0 Å². The van der Waals surface area contributed by atoms with Gasteiger partial charge in [-0.15, -0.1) is 0 Å². The van der Waals surface area contributed by atoms with Crippen LogP contribution in [0.5, 0.6) is 0 Å². The number of carbonyl (C=O) groups excluding carboxylic acids is 1. The minimum Gasteiger partial charge on any atom is -0.453 e. The molecule has 1 amide bonds. The molecule has 1 N–H and O–H groups in total. The first-order valence-electron chi connectivity index (χ1n) is 4.81. The minimum absolute atomic E-state index is 0.215. The van der Waals surface area contributed by atoms with E-state index >= 15 is 0 Å². The van der Waals surface area contributed by atoms with Crippen molar-refractivity contribution in [3.8, 4) is 0 Å². The van der Waals surface area contributed by atoms with Gasteiger partial charge in [0, 0.05) is 6.04 Å². The fraction of sp³-hybridized carbons (Fsp3) is 0.900. The van der Waals surface area contributed by atoms with E-state index in [1.807, 2.05) is 0 Å². The van der Waals surface area contributed by atoms with Crippen molar-refractivity contribution in [2.24, 2.45) is 11.8 Å². The molecule has 0 fully saturated rings. The first-order chi connectivity index (χ1) is 5.97. The molecule has 0 aliphatic heterocycles. The van der Waals surface area contributed by atoms with Gasteiger partial charge in [-0.25, -0.2) is 4.79 Å². The lowest BCUT2D eigenvalue weighted by Crippen LogP contribution is -2.39. The number of hydrogen-bond acceptors (Lipinski definition) is 2. The summed E-state index contributed by atoms with van der Waals surface area (Å²) in [5.74, 6) is 1.03. The van der Waals surface area contributed by atoms with Crippen molar-refractivity contribution in [1.82, 2.24) is 5.32 Å². The smallest absolute Gasteiger partial charge is 0.407 e. The molecule has 0 aromatic heterocycles. The van der Waals surface area contributed by atoms with Crippen LogP contribution in [0.3, 0.4) is 0 Å². The molecule has 0 heterocycles. The fourth-order valence-corrected chi connectivity index (χ4v) is 1.22. The first kappa shape index (κ1) is 12.3. The van der Waals surface area contributed by atoms with Gasteiger partial charge >= 0.3 is 6.09 Å². The van der Waals surface area contributed by atoms with E-state index in [9.17, 15) is 4.79 Å². The number of carbonyl (C=O) groups is 1. The lowest BCUT2D eigenvalue weighted by molar-refractivity contribution is 0.160. The fourth-order valence-electron chi connectivity index (χ4n) is 1.22. The molecule has 0 aromatic carbocycles. The summed E-state index contributed by atoms with van der Waals surface area (Å²) in [6, 6.07) is 0.215. The Morgan fingerprint density at radius 2 is 1.85 bits per heavy atom. The number of methoxy groups -OCH3 is 1. The number of amides is 1. The predicted octanol–water partition coefficient (Wildman–Crippen LogP) is 2.41. The van der Waals surface area contributed by atoms with Gasteiger partial charge in [0.2, 0.25) is 0 Å². The van der Waals surface area contributed by atoms with Gasteiger partial charge in [-0.05, 0) is 18.3 Å². The van der Waals surface area contributed by atoms with E-state index in [4.69, 9.17) is 0 Å². The van der Waals surface area contributed by atoms with E-state index in [1.165, 1.54) is 7.11 Å². The molecule has 0 bridgehead atoms. The zero-order chi connectivity index (χ0) is 10.4. The Morgan fingerprint density at radius 3 is 2.15 bits per heavy atom. The molecule has 0 unspecified atom stereocenters. The van der Waals surface area contributed by atoms with Crippen LogP contribution in [-0.4, -0.2) is 19.2 Å². The quantitative estimate of drug-likeness (QED) is 0.734. The molecule has 0 radical (unpaired) electrons. The number of hydrogen-bond donors (Lipinski definition) is 1. The van der Waals surface area contributed by atoms with Crippen molar-refractivity contribution in [3.63, 3.8) is 0 Å². The molecule has 0 spiro atoms. The Hall–Kier alpha value is -0.730. The maximum atomic E-state index is 11.0. The first-order valence-corrected chi connectivity index (χ1v) is 4.81. The Morgan fingerprint density at radius 1 is 1.31 bits per heavy atom. The molecule has 0 rings (SSSR count). The Labute approximate surface area is 80.8 Å². The zero-order valence-electron chi connectivity index (χ0n) is 9.26. The molecule has 0 aliphatic carbocycles. The molecule has 3 nitrogen and oxygen atoms in total. The SMILES string of the molecule is COC(=O)N[C@H](CC(C)C)C(C)C. The summed E-state index contributed by atoms with van der Waals surface area (Å²) >= 11 is 0. The number of alkyl carbamates (subject to hydrolysis) is 1. The van der Waals surface area contributed by atoms with Gasteiger partial charge in [-0.3, -0.25) is 0 Å². The van der Waals surface area contributed by atoms with Crippen LogP contribution in [-0.2, 0) is 4.74 Å². The topological polar surface area (TPSA) is 38.3 Å². The number of ether oxygens (including phenoxy) is 1. The molecular formula is C10H21NO2. The highest BCUT2D eigenvalue weighted by Gasteiger charge is 2.17. The van der Waals surface area contributed by atoms with Gasteiger partial charge < -0.3 is 10.1 Å². The summed E-state index contributed by atoms with van der Waals surface area (Å²) in [7, 11) is 1.39. The van der Waals surface area contributed by atoms with Crippen molar-refractivity contribution in [2.45, 2.75) is 40.2 Å². The monoisotopic (exact) mass is 187 g/mol. The van der Waals surface area contributed by atoms with E-state index in [1.54, 1.807) is 0 Å². The number of rotatable bonds is 4. The van der Waals surface area contributed by atoms with E-state index in [2.05, 4.69) is 37.7 Å². The lowest BCUT2D eigenvalue weighted by Gasteiger charge is -2.23. The molecule has 78 valence electrons. The molecule has 0 aliphatic rings. The summed E-state index contributed by atoms with van der Waals surface area (Å²) in [5, 5.41) is 2.84. The van der Waals surface area contributed by atoms with Crippen molar-refractivity contribution in [1.29, 1.82) is 0 Å². The summed E-state index contributed by atoms with van der Waals surface area (Å²) in [5.41, 5.74) is 0. The van der Waals surface area contributed by atoms with Gasteiger partial charge in [0.1, 0.15) is 0 Å². The third-order valence-corrected chi connectivity index (χ3v) is 2.02. The van der Waals surface area contributed by atoms with E-state index in [0.29, 0.717) is 11.8 Å². The molecule has 1 atom stereocenters. The van der Waals surface area contributed by atoms with Gasteiger partial charge in [-0.1, -0.05) is 27.7 Å². The van der Waals surface area contributed by atoms with Crippen LogP contribution in [0.2, 0.25) is 0 Å². The molecule has 0 saturated carbocycles. The van der Waals surface area contributed by atoms with Gasteiger partial charge in [0.25, 0.3) is 0 Å². The van der Waals surface area contributed by atoms with Gasteiger partial charge in [-0.2, -0.15) is 0 Å². The normalized spacial score (nSPS) is 13.2. The Bertz CT molecular complexity index is 155. The van der Waals surface area contributed by atoms with E-state index in [0.717, 1.165) is 6.42 Å². The van der Waals surface area contributed by atoms with E-state index in [-0.39, 0.29) is 12.1 Å². The molecule has 13 heavy (non-hydrogen) atoms. The lowest BCUT2D eigenvalue weighted by atomic mass is 9.95. The maximum absolute atomic E-state index is 11.0. The summed E-state index contributed by atoms with van der Waals surface area (Å²) in [4.78, 5) is 11.0. The van der Waals surface area contributed by atoms with Crippen molar-refractivity contribution >= 4 is 6.09 Å². The molecular weight excluding hydrogens is 166 g/mol. The van der Waals surface area contributed by atoms with Crippen LogP contribution >= 0.6 is 0 Å². The summed E-state index contributed by atoms with van der Waals surface area (Å²) < 4.78 is 4.56. The minimum atomic E-state index is -0.334. The van der Waals surface area contributed by atoms with Crippen LogP contribution in [0.25, 0.3) is 0 Å². The van der Waals surface area contributed by atoms with Crippen LogP contribution in [0.4, 0.5) is 4.79 Å². The maximum Gasteiger partial charge on any atom is 0.407 e. The van der Waals surface area contributed by atoms with Crippen LogP contribution in [0.1, 0.15) is 34.1 Å². The van der Waals surface area contributed by atoms with Crippen molar-refractivity contribution in [3.05, 3.63) is 0 Å². The largest absolute Gasteiger partial charge is 0.453 e. The molecule has 0 saturated heterocycles. The highest BCUT2D eigenvalue weighted by molar-refractivity contribution is 5.67. The predicted molar refractivity (Wildman–Crippen MR) is 53.6 cm³/mol. The summed E-state index contributed by atoms with van der Waals surface area (Å²) in [6.07, 6.45) is 0.659. The van der Waals surface area contributed by atoms with E-state index < -0.39 is 0 Å². The average molecular weight is 187 g/mol. The van der Waals surface area contributed by atoms with Crippen LogP contribution in [0.15, 0.2) is 0 Å². The zero-order valence-corrected chi connectivity index (χ0v) is 9.26. The Kier molecular flexibility index (Phi) is 5.51. The second kappa shape index (κ2) is 5.84. The second-order valence-corrected chi connectivity index (χ2v) is 4.12. The van der Waals surface area contributed by atoms with Crippen LogP contribution < -0.4 is 5.32 Å². The third-order valence-electron chi connectivity index (χ3n) is 2.02. The average Bonchev–Trinajstić information content (AvgIpc) is 2.02.